The molecular formula is C9H16O. The van der Waals surface area contributed by atoms with Gasteiger partial charge in [0.25, 0.3) is 0 Å². The first-order valence-electron chi connectivity index (χ1n) is 3.71. The third-order valence-electron chi connectivity index (χ3n) is 1.99. The van der Waals surface area contributed by atoms with Crippen LogP contribution in [0.5, 0.6) is 0 Å². The van der Waals surface area contributed by atoms with Crippen molar-refractivity contribution in [2.24, 2.45) is 11.8 Å². The van der Waals surface area contributed by atoms with Gasteiger partial charge in [0.15, 0.2) is 0 Å². The molecule has 1 heteroatoms. The third-order valence-corrected chi connectivity index (χ3v) is 1.99. The van der Waals surface area contributed by atoms with Gasteiger partial charge >= 0.3 is 0 Å². The summed E-state index contributed by atoms with van der Waals surface area (Å²) in [5.41, 5.74) is 0. The minimum Gasteiger partial charge on any atom is -0.392 e. The molecule has 0 amide bonds. The third kappa shape index (κ3) is 2.89. The van der Waals surface area contributed by atoms with Crippen LogP contribution in [0.25, 0.3) is 0 Å². The van der Waals surface area contributed by atoms with Crippen molar-refractivity contribution in [1.82, 2.24) is 0 Å². The molecule has 0 heterocycles. The highest BCUT2D eigenvalue weighted by Gasteiger charge is 2.15. The summed E-state index contributed by atoms with van der Waals surface area (Å²) in [5.74, 6) is 3.26. The minimum atomic E-state index is -0.329. The number of aliphatic hydroxyl groups is 1. The van der Waals surface area contributed by atoms with Gasteiger partial charge in [0.05, 0.1) is 6.10 Å². The van der Waals surface area contributed by atoms with Crippen molar-refractivity contribution in [2.45, 2.75) is 33.3 Å². The smallest absolute Gasteiger partial charge is 0.0677 e. The molecule has 0 aliphatic rings. The lowest BCUT2D eigenvalue weighted by Gasteiger charge is -2.19. The average Bonchev–Trinajstić information content (AvgIpc) is 1.87. The van der Waals surface area contributed by atoms with Crippen LogP contribution >= 0.6 is 0 Å². The molecule has 0 fully saturated rings. The van der Waals surface area contributed by atoms with Crippen molar-refractivity contribution in [3.05, 3.63) is 0 Å². The largest absolute Gasteiger partial charge is 0.392 e. The molecule has 1 nitrogen and oxygen atoms in total. The quantitative estimate of drug-likeness (QED) is 0.591. The summed E-state index contributed by atoms with van der Waals surface area (Å²) in [4.78, 5) is 0. The fourth-order valence-corrected chi connectivity index (χ4v) is 0.751. The summed E-state index contributed by atoms with van der Waals surface area (Å²) in [5, 5.41) is 9.35. The zero-order chi connectivity index (χ0) is 8.15. The van der Waals surface area contributed by atoms with Crippen molar-refractivity contribution in [1.29, 1.82) is 0 Å². The van der Waals surface area contributed by atoms with Crippen LogP contribution in [0.2, 0.25) is 0 Å². The van der Waals surface area contributed by atoms with Gasteiger partial charge in [0.1, 0.15) is 0 Å². The zero-order valence-electron chi connectivity index (χ0n) is 6.96. The van der Waals surface area contributed by atoms with Gasteiger partial charge in [-0.15, -0.1) is 12.3 Å². The summed E-state index contributed by atoms with van der Waals surface area (Å²) in [7, 11) is 0. The summed E-state index contributed by atoms with van der Waals surface area (Å²) >= 11 is 0. The van der Waals surface area contributed by atoms with E-state index in [1.807, 2.05) is 6.92 Å². The molecule has 0 spiro atoms. The van der Waals surface area contributed by atoms with Crippen molar-refractivity contribution in [2.75, 3.05) is 0 Å². The van der Waals surface area contributed by atoms with Crippen molar-refractivity contribution in [3.63, 3.8) is 0 Å². The molecule has 2 unspecified atom stereocenters. The highest BCUT2D eigenvalue weighted by molar-refractivity contribution is 4.88. The first kappa shape index (κ1) is 9.52. The van der Waals surface area contributed by atoms with Gasteiger partial charge in [-0.3, -0.25) is 0 Å². The van der Waals surface area contributed by atoms with Crippen LogP contribution in [0.1, 0.15) is 27.2 Å². The van der Waals surface area contributed by atoms with E-state index in [0.717, 1.165) is 0 Å². The summed E-state index contributed by atoms with van der Waals surface area (Å²) in [6, 6.07) is 0. The molecule has 58 valence electrons. The normalized spacial score (nSPS) is 16.4. The SMILES string of the molecule is C#CCC(O)C(C)C(C)C. The van der Waals surface area contributed by atoms with Crippen molar-refractivity contribution in [3.8, 4) is 12.3 Å². The lowest BCUT2D eigenvalue weighted by atomic mass is 9.91. The van der Waals surface area contributed by atoms with E-state index < -0.39 is 0 Å². The molecule has 0 saturated heterocycles. The minimum absolute atomic E-state index is 0.302. The molecule has 10 heavy (non-hydrogen) atoms. The maximum Gasteiger partial charge on any atom is 0.0677 e. The molecule has 0 bridgehead atoms. The van der Waals surface area contributed by atoms with Crippen LogP contribution in [0.15, 0.2) is 0 Å². The van der Waals surface area contributed by atoms with Gasteiger partial charge in [-0.05, 0) is 11.8 Å². The fraction of sp³-hybridized carbons (Fsp3) is 0.778. The Morgan fingerprint density at radius 2 is 1.90 bits per heavy atom. The monoisotopic (exact) mass is 140 g/mol. The van der Waals surface area contributed by atoms with Gasteiger partial charge in [0.2, 0.25) is 0 Å². The molecule has 0 aliphatic carbocycles. The molecule has 0 aromatic heterocycles. The fourth-order valence-electron chi connectivity index (χ4n) is 0.751. The predicted molar refractivity (Wildman–Crippen MR) is 43.5 cm³/mol. The highest BCUT2D eigenvalue weighted by Crippen LogP contribution is 2.15. The van der Waals surface area contributed by atoms with E-state index in [0.29, 0.717) is 18.3 Å². The molecule has 0 rings (SSSR count). The Kier molecular flexibility index (Phi) is 4.14. The Bertz CT molecular complexity index is 121. The van der Waals surface area contributed by atoms with E-state index in [2.05, 4.69) is 19.8 Å². The second-order valence-electron chi connectivity index (χ2n) is 3.08. The van der Waals surface area contributed by atoms with Crippen LogP contribution in [-0.4, -0.2) is 11.2 Å². The van der Waals surface area contributed by atoms with Gasteiger partial charge < -0.3 is 5.11 Å². The Labute approximate surface area is 63.5 Å². The molecule has 2 atom stereocenters. The lowest BCUT2D eigenvalue weighted by molar-refractivity contribution is 0.0965. The number of terminal acetylenes is 1. The molecule has 0 aromatic rings. The number of hydrogen-bond acceptors (Lipinski definition) is 1. The molecule has 1 N–H and O–H groups in total. The standard InChI is InChI=1S/C9H16O/c1-5-6-9(10)8(4)7(2)3/h1,7-10H,6H2,2-4H3. The highest BCUT2D eigenvalue weighted by atomic mass is 16.3. The van der Waals surface area contributed by atoms with Crippen LogP contribution in [0, 0.1) is 24.2 Å². The number of aliphatic hydroxyl groups excluding tert-OH is 1. The van der Waals surface area contributed by atoms with Gasteiger partial charge in [-0.25, -0.2) is 0 Å². The summed E-state index contributed by atoms with van der Waals surface area (Å²) in [6.45, 7) is 6.20. The predicted octanol–water partition coefficient (Wildman–Crippen LogP) is 1.66. The van der Waals surface area contributed by atoms with E-state index in [-0.39, 0.29) is 6.10 Å². The van der Waals surface area contributed by atoms with Crippen LogP contribution in [-0.2, 0) is 0 Å². The van der Waals surface area contributed by atoms with E-state index in [4.69, 9.17) is 6.42 Å². The second-order valence-corrected chi connectivity index (χ2v) is 3.08. The molecule has 0 aliphatic heterocycles. The van der Waals surface area contributed by atoms with Gasteiger partial charge in [-0.2, -0.15) is 0 Å². The van der Waals surface area contributed by atoms with E-state index in [9.17, 15) is 5.11 Å². The number of hydrogen-bond donors (Lipinski definition) is 1. The van der Waals surface area contributed by atoms with Crippen LogP contribution < -0.4 is 0 Å². The molecular weight excluding hydrogens is 124 g/mol. The first-order chi connectivity index (χ1) is 4.59. The second kappa shape index (κ2) is 4.35. The molecule has 0 saturated carbocycles. The van der Waals surface area contributed by atoms with E-state index in [1.165, 1.54) is 0 Å². The van der Waals surface area contributed by atoms with Crippen molar-refractivity contribution >= 4 is 0 Å². The lowest BCUT2D eigenvalue weighted by Crippen LogP contribution is -2.21. The van der Waals surface area contributed by atoms with Gasteiger partial charge in [-0.1, -0.05) is 20.8 Å². The van der Waals surface area contributed by atoms with Crippen LogP contribution in [0.3, 0.4) is 0 Å². The average molecular weight is 140 g/mol. The molecule has 0 radical (unpaired) electrons. The Balaban J connectivity index is 3.72. The topological polar surface area (TPSA) is 20.2 Å². The van der Waals surface area contributed by atoms with Gasteiger partial charge in [0, 0.05) is 6.42 Å². The van der Waals surface area contributed by atoms with Crippen molar-refractivity contribution < 1.29 is 5.11 Å². The van der Waals surface area contributed by atoms with Crippen LogP contribution in [0.4, 0.5) is 0 Å². The first-order valence-corrected chi connectivity index (χ1v) is 3.71. The Morgan fingerprint density at radius 1 is 1.40 bits per heavy atom. The Hall–Kier alpha value is -0.480. The maximum atomic E-state index is 9.35. The van der Waals surface area contributed by atoms with E-state index >= 15 is 0 Å². The summed E-state index contributed by atoms with van der Waals surface area (Å²) in [6.07, 6.45) is 5.20. The zero-order valence-corrected chi connectivity index (χ0v) is 6.96. The molecule has 0 aromatic carbocycles. The number of rotatable bonds is 3. The Morgan fingerprint density at radius 3 is 2.20 bits per heavy atom. The maximum absolute atomic E-state index is 9.35. The van der Waals surface area contributed by atoms with E-state index in [1.54, 1.807) is 0 Å². The summed E-state index contributed by atoms with van der Waals surface area (Å²) < 4.78 is 0.